The third-order valence-electron chi connectivity index (χ3n) is 3.35. The van der Waals surface area contributed by atoms with Crippen molar-refractivity contribution < 1.29 is 23.1 Å². The van der Waals surface area contributed by atoms with Gasteiger partial charge in [0.1, 0.15) is 0 Å². The van der Waals surface area contributed by atoms with Crippen molar-refractivity contribution in [1.82, 2.24) is 9.62 Å². The fourth-order valence-corrected chi connectivity index (χ4v) is 2.89. The van der Waals surface area contributed by atoms with Crippen LogP contribution in [0.2, 0.25) is 0 Å². The monoisotopic (exact) mass is 292 g/mol. The van der Waals surface area contributed by atoms with Gasteiger partial charge in [0.15, 0.2) is 0 Å². The lowest BCUT2D eigenvalue weighted by atomic mass is 10.1. The highest BCUT2D eigenvalue weighted by molar-refractivity contribution is 7.89. The van der Waals surface area contributed by atoms with E-state index in [9.17, 15) is 18.0 Å². The van der Waals surface area contributed by atoms with Crippen molar-refractivity contribution in [3.63, 3.8) is 0 Å². The summed E-state index contributed by atoms with van der Waals surface area (Å²) in [6.45, 7) is 1.28. The van der Waals surface area contributed by atoms with Gasteiger partial charge in [0.05, 0.1) is 18.2 Å². The van der Waals surface area contributed by atoms with E-state index in [2.05, 4.69) is 5.32 Å². The van der Waals surface area contributed by atoms with Gasteiger partial charge in [-0.15, -0.1) is 0 Å². The van der Waals surface area contributed by atoms with E-state index in [4.69, 9.17) is 5.11 Å². The van der Waals surface area contributed by atoms with Crippen molar-refractivity contribution >= 4 is 21.9 Å². The Kier molecular flexibility index (Phi) is 5.30. The molecule has 0 heterocycles. The Morgan fingerprint density at radius 3 is 2.47 bits per heavy atom. The molecule has 19 heavy (non-hydrogen) atoms. The van der Waals surface area contributed by atoms with Crippen LogP contribution in [0.25, 0.3) is 0 Å². The first-order valence-electron chi connectivity index (χ1n) is 6.22. The maximum absolute atomic E-state index is 11.7. The van der Waals surface area contributed by atoms with E-state index in [1.165, 1.54) is 14.0 Å². The number of hydrogen-bond donors (Lipinski definition) is 2. The Bertz CT molecular complexity index is 448. The summed E-state index contributed by atoms with van der Waals surface area (Å²) in [6.07, 6.45) is 1.57. The molecular weight excluding hydrogens is 272 g/mol. The summed E-state index contributed by atoms with van der Waals surface area (Å²) in [6, 6.07) is -0.175. The summed E-state index contributed by atoms with van der Waals surface area (Å²) in [7, 11) is -2.02. The molecule has 2 atom stereocenters. The zero-order chi connectivity index (χ0) is 14.6. The number of aliphatic carboxylic acids is 1. The number of nitrogens with one attached hydrogen (secondary N) is 1. The van der Waals surface area contributed by atoms with Gasteiger partial charge in [0.2, 0.25) is 15.9 Å². The Balaban J connectivity index is 2.43. The lowest BCUT2D eigenvalue weighted by molar-refractivity contribution is -0.141. The molecule has 0 saturated heterocycles. The zero-order valence-corrected chi connectivity index (χ0v) is 11.9. The molecule has 8 heteroatoms. The largest absolute Gasteiger partial charge is 0.481 e. The molecule has 1 amide bonds. The first kappa shape index (κ1) is 15.9. The van der Waals surface area contributed by atoms with Gasteiger partial charge in [-0.25, -0.2) is 8.42 Å². The molecule has 1 fully saturated rings. The normalized spacial score (nSPS) is 23.5. The van der Waals surface area contributed by atoms with Crippen LogP contribution in [0.3, 0.4) is 0 Å². The first-order chi connectivity index (χ1) is 8.76. The molecule has 110 valence electrons. The van der Waals surface area contributed by atoms with Gasteiger partial charge in [-0.3, -0.25) is 9.59 Å². The highest BCUT2D eigenvalue weighted by Crippen LogP contribution is 2.25. The number of rotatable bonds is 6. The molecule has 1 rings (SSSR count). The topological polar surface area (TPSA) is 104 Å². The second kappa shape index (κ2) is 6.33. The number of amides is 1. The number of hydrogen-bond acceptors (Lipinski definition) is 4. The number of sulfonamides is 1. The van der Waals surface area contributed by atoms with Crippen LogP contribution >= 0.6 is 0 Å². The second-order valence-electron chi connectivity index (χ2n) is 4.77. The standard InChI is InChI=1S/C11H20N2O5S/c1-3-19(17,18)13(2)7-10(14)12-9-5-4-8(6-9)11(15)16/h8-9H,3-7H2,1-2H3,(H,12,14)(H,15,16)/t8-,9+/m0/s1. The number of carbonyl (C=O) groups is 2. The van der Waals surface area contributed by atoms with Crippen molar-refractivity contribution in [2.24, 2.45) is 5.92 Å². The highest BCUT2D eigenvalue weighted by Gasteiger charge is 2.31. The molecule has 0 aromatic rings. The van der Waals surface area contributed by atoms with Crippen molar-refractivity contribution in [1.29, 1.82) is 0 Å². The summed E-state index contributed by atoms with van der Waals surface area (Å²) in [4.78, 5) is 22.5. The maximum atomic E-state index is 11.7. The summed E-state index contributed by atoms with van der Waals surface area (Å²) in [5.74, 6) is -1.71. The molecule has 0 aliphatic heterocycles. The Labute approximate surface area is 113 Å². The van der Waals surface area contributed by atoms with Crippen LogP contribution in [0.4, 0.5) is 0 Å². The Morgan fingerprint density at radius 2 is 2.00 bits per heavy atom. The van der Waals surface area contributed by atoms with Crippen LogP contribution in [0.1, 0.15) is 26.2 Å². The summed E-state index contributed by atoms with van der Waals surface area (Å²) in [5, 5.41) is 11.5. The molecule has 1 aliphatic carbocycles. The fraction of sp³-hybridized carbons (Fsp3) is 0.818. The van der Waals surface area contributed by atoms with E-state index in [0.717, 1.165) is 4.31 Å². The van der Waals surface area contributed by atoms with Crippen molar-refractivity contribution in [2.75, 3.05) is 19.3 Å². The molecule has 0 aromatic heterocycles. The van der Waals surface area contributed by atoms with E-state index in [1.807, 2.05) is 0 Å². The van der Waals surface area contributed by atoms with Gasteiger partial charge >= 0.3 is 5.97 Å². The summed E-state index contributed by atoms with van der Waals surface area (Å²) < 4.78 is 24.0. The van der Waals surface area contributed by atoms with Crippen LogP contribution in [0.5, 0.6) is 0 Å². The third-order valence-corrected chi connectivity index (χ3v) is 5.16. The highest BCUT2D eigenvalue weighted by atomic mass is 32.2. The lowest BCUT2D eigenvalue weighted by Gasteiger charge is -2.18. The SMILES string of the molecule is CCS(=O)(=O)N(C)CC(=O)N[C@@H]1CC[C@H](C(=O)O)C1. The molecule has 1 aliphatic rings. The van der Waals surface area contributed by atoms with E-state index >= 15 is 0 Å². The molecule has 0 bridgehead atoms. The molecule has 7 nitrogen and oxygen atoms in total. The number of nitrogens with zero attached hydrogens (tertiary/aromatic N) is 1. The Morgan fingerprint density at radius 1 is 1.37 bits per heavy atom. The van der Waals surface area contributed by atoms with Gasteiger partial charge in [0, 0.05) is 13.1 Å². The van der Waals surface area contributed by atoms with Gasteiger partial charge < -0.3 is 10.4 Å². The maximum Gasteiger partial charge on any atom is 0.306 e. The number of likely N-dealkylation sites (N-methyl/N-ethyl adjacent to an activating group) is 1. The first-order valence-corrected chi connectivity index (χ1v) is 7.83. The quantitative estimate of drug-likeness (QED) is 0.695. The minimum Gasteiger partial charge on any atom is -0.481 e. The van der Waals surface area contributed by atoms with E-state index < -0.39 is 27.8 Å². The number of carboxylic acids is 1. The average molecular weight is 292 g/mol. The molecule has 2 N–H and O–H groups in total. The van der Waals surface area contributed by atoms with E-state index in [-0.39, 0.29) is 18.3 Å². The minimum atomic E-state index is -3.37. The van der Waals surface area contributed by atoms with Crippen molar-refractivity contribution in [3.05, 3.63) is 0 Å². The van der Waals surface area contributed by atoms with Crippen LogP contribution in [-0.4, -0.2) is 55.1 Å². The van der Waals surface area contributed by atoms with Crippen molar-refractivity contribution in [2.45, 2.75) is 32.2 Å². The fourth-order valence-electron chi connectivity index (χ4n) is 2.13. The van der Waals surface area contributed by atoms with Gasteiger partial charge in [0.25, 0.3) is 0 Å². The zero-order valence-electron chi connectivity index (χ0n) is 11.1. The van der Waals surface area contributed by atoms with Gasteiger partial charge in [-0.2, -0.15) is 4.31 Å². The number of carbonyl (C=O) groups excluding carboxylic acids is 1. The van der Waals surface area contributed by atoms with Crippen LogP contribution < -0.4 is 5.32 Å². The molecule has 0 spiro atoms. The third kappa shape index (κ3) is 4.46. The number of carboxylic acid groups (broad SMARTS) is 1. The summed E-state index contributed by atoms with van der Waals surface area (Å²) in [5.41, 5.74) is 0. The molecular formula is C11H20N2O5S. The van der Waals surface area contributed by atoms with Crippen LogP contribution in [0, 0.1) is 5.92 Å². The smallest absolute Gasteiger partial charge is 0.306 e. The Hall–Kier alpha value is -1.15. The lowest BCUT2D eigenvalue weighted by Crippen LogP contribution is -2.42. The predicted octanol–water partition coefficient (Wildman–Crippen LogP) is -0.363. The second-order valence-corrected chi connectivity index (χ2v) is 7.13. The molecule has 0 aromatic carbocycles. The minimum absolute atomic E-state index is 0.0543. The molecule has 0 radical (unpaired) electrons. The van der Waals surface area contributed by atoms with E-state index in [0.29, 0.717) is 19.3 Å². The molecule has 0 unspecified atom stereocenters. The summed E-state index contributed by atoms with van der Waals surface area (Å²) >= 11 is 0. The average Bonchev–Trinajstić information content (AvgIpc) is 2.77. The van der Waals surface area contributed by atoms with Gasteiger partial charge in [-0.1, -0.05) is 0 Å². The van der Waals surface area contributed by atoms with Gasteiger partial charge in [-0.05, 0) is 26.2 Å². The van der Waals surface area contributed by atoms with E-state index in [1.54, 1.807) is 0 Å². The van der Waals surface area contributed by atoms with Crippen LogP contribution in [0.15, 0.2) is 0 Å². The molecule has 1 saturated carbocycles. The van der Waals surface area contributed by atoms with Crippen molar-refractivity contribution in [3.8, 4) is 0 Å². The predicted molar refractivity (Wildman–Crippen MR) is 69.0 cm³/mol. The van der Waals surface area contributed by atoms with Crippen LogP contribution in [-0.2, 0) is 19.6 Å².